The first-order valence-corrected chi connectivity index (χ1v) is 15.1. The van der Waals surface area contributed by atoms with E-state index in [9.17, 15) is 0 Å². The quantitative estimate of drug-likeness (QED) is 0.189. The number of nitrogens with zero attached hydrogens (tertiary/aromatic N) is 4. The second kappa shape index (κ2) is 9.91. The van der Waals surface area contributed by atoms with Crippen molar-refractivity contribution in [2.45, 2.75) is 12.5 Å². The topological polar surface area (TPSA) is 50.7 Å². The van der Waals surface area contributed by atoms with Gasteiger partial charge in [-0.05, 0) is 55.5 Å². The molecule has 6 nitrogen and oxygen atoms in total. The van der Waals surface area contributed by atoms with Crippen LogP contribution >= 0.6 is 0 Å². The normalized spacial score (nSPS) is 17.6. The van der Waals surface area contributed by atoms with Gasteiger partial charge in [0.05, 0.1) is 16.9 Å². The van der Waals surface area contributed by atoms with E-state index >= 15 is 0 Å². The third-order valence-electron chi connectivity index (χ3n) is 8.99. The molecule has 3 aliphatic heterocycles. The molecule has 0 bridgehead atoms. The van der Waals surface area contributed by atoms with E-state index < -0.39 is 0 Å². The number of hydrazine groups is 1. The molecule has 9 rings (SSSR count). The summed E-state index contributed by atoms with van der Waals surface area (Å²) in [6, 6.07) is 39.3. The Morgan fingerprint density at radius 3 is 2.00 bits per heavy atom. The summed E-state index contributed by atoms with van der Waals surface area (Å²) in [7, 11) is 0. The standard InChI is InChI=1S/C39H28N4O2/c1-39-20-8-23-42(39)43(33-13-5-4-12-32(33)39)27-17-19-31-30-18-16-26(38-40-21-9-22-41-38)24-36(30)44-34-14-6-2-10-28(34)29-11-3-7-15-35(29)45-37(31)25-27/h2-22,24-25H,23H2,1H3. The maximum absolute atomic E-state index is 6.93. The van der Waals surface area contributed by atoms with Crippen LogP contribution in [-0.4, -0.2) is 21.5 Å². The molecule has 3 aliphatic rings. The van der Waals surface area contributed by atoms with Crippen molar-refractivity contribution < 1.29 is 9.47 Å². The van der Waals surface area contributed by atoms with Gasteiger partial charge in [-0.1, -0.05) is 72.8 Å². The van der Waals surface area contributed by atoms with Gasteiger partial charge in [-0.15, -0.1) is 0 Å². The summed E-state index contributed by atoms with van der Waals surface area (Å²) in [6.45, 7) is 3.10. The Morgan fingerprint density at radius 1 is 0.622 bits per heavy atom. The lowest BCUT2D eigenvalue weighted by Gasteiger charge is -2.35. The van der Waals surface area contributed by atoms with Crippen LogP contribution in [0.3, 0.4) is 0 Å². The number of aromatic nitrogens is 2. The SMILES string of the molecule is CC12C=CCN1N(c1ccc3c(c1)Oc1ccccc1-c1ccccc1Oc1cc(-c4ncccn4)ccc1-3)c1ccccc12. The second-order valence-electron chi connectivity index (χ2n) is 11.6. The van der Waals surface area contributed by atoms with Crippen molar-refractivity contribution in [3.05, 3.63) is 145 Å². The third kappa shape index (κ3) is 4.00. The molecule has 0 spiro atoms. The van der Waals surface area contributed by atoms with Gasteiger partial charge in [-0.25, -0.2) is 9.97 Å². The maximum atomic E-state index is 6.93. The molecule has 1 aromatic heterocycles. The van der Waals surface area contributed by atoms with E-state index in [4.69, 9.17) is 9.47 Å². The number of fused-ring (bicyclic) bond motifs is 9. The van der Waals surface area contributed by atoms with Crippen molar-refractivity contribution in [2.24, 2.45) is 0 Å². The number of anilines is 2. The third-order valence-corrected chi connectivity index (χ3v) is 8.99. The molecule has 0 aliphatic carbocycles. The van der Waals surface area contributed by atoms with Crippen LogP contribution in [0.1, 0.15) is 12.5 Å². The van der Waals surface area contributed by atoms with Crippen LogP contribution < -0.4 is 14.5 Å². The van der Waals surface area contributed by atoms with Gasteiger partial charge < -0.3 is 9.47 Å². The van der Waals surface area contributed by atoms with Gasteiger partial charge in [0.2, 0.25) is 0 Å². The molecule has 4 heterocycles. The molecule has 0 N–H and O–H groups in total. The van der Waals surface area contributed by atoms with Crippen LogP contribution in [0.15, 0.2) is 140 Å². The Morgan fingerprint density at radius 2 is 1.24 bits per heavy atom. The zero-order valence-corrected chi connectivity index (χ0v) is 24.6. The molecule has 0 saturated carbocycles. The van der Waals surface area contributed by atoms with Crippen LogP contribution in [-0.2, 0) is 5.54 Å². The monoisotopic (exact) mass is 584 g/mol. The number of para-hydroxylation sites is 3. The van der Waals surface area contributed by atoms with Crippen LogP contribution in [0.5, 0.6) is 23.0 Å². The summed E-state index contributed by atoms with van der Waals surface area (Å²) >= 11 is 0. The van der Waals surface area contributed by atoms with E-state index in [1.807, 2.05) is 54.6 Å². The molecular weight excluding hydrogens is 556 g/mol. The Bertz CT molecular complexity index is 2140. The van der Waals surface area contributed by atoms with Crippen molar-refractivity contribution in [3.63, 3.8) is 0 Å². The summed E-state index contributed by atoms with van der Waals surface area (Å²) in [5, 5.41) is 4.74. The molecule has 6 aromatic rings. The first-order valence-electron chi connectivity index (χ1n) is 15.1. The molecule has 6 heteroatoms. The van der Waals surface area contributed by atoms with E-state index in [1.165, 1.54) is 11.3 Å². The smallest absolute Gasteiger partial charge is 0.159 e. The number of benzene rings is 5. The summed E-state index contributed by atoms with van der Waals surface area (Å²) in [5.41, 5.74) is 7.91. The fourth-order valence-electron chi connectivity index (χ4n) is 6.83. The fourth-order valence-corrected chi connectivity index (χ4v) is 6.83. The summed E-state index contributed by atoms with van der Waals surface area (Å²) < 4.78 is 13.7. The molecule has 0 saturated heterocycles. The molecule has 5 aromatic carbocycles. The lowest BCUT2D eigenvalue weighted by Crippen LogP contribution is -2.42. The van der Waals surface area contributed by atoms with Crippen molar-refractivity contribution in [1.29, 1.82) is 0 Å². The molecule has 45 heavy (non-hydrogen) atoms. The van der Waals surface area contributed by atoms with Gasteiger partial charge in [-0.2, -0.15) is 5.01 Å². The summed E-state index contributed by atoms with van der Waals surface area (Å²) in [4.78, 5) is 8.98. The number of rotatable bonds is 2. The highest BCUT2D eigenvalue weighted by Gasteiger charge is 2.46. The second-order valence-corrected chi connectivity index (χ2v) is 11.6. The highest BCUT2D eigenvalue weighted by Crippen LogP contribution is 2.53. The van der Waals surface area contributed by atoms with Crippen LogP contribution in [0, 0.1) is 0 Å². The molecule has 1 unspecified atom stereocenters. The Balaban J connectivity index is 1.26. The zero-order chi connectivity index (χ0) is 30.0. The minimum atomic E-state index is -0.205. The summed E-state index contributed by atoms with van der Waals surface area (Å²) in [5.74, 6) is 3.59. The largest absolute Gasteiger partial charge is 0.456 e. The van der Waals surface area contributed by atoms with Crippen LogP contribution in [0.4, 0.5) is 11.4 Å². The fraction of sp³-hybridized carbons (Fsp3) is 0.0769. The maximum Gasteiger partial charge on any atom is 0.159 e. The molecule has 216 valence electrons. The lowest BCUT2D eigenvalue weighted by molar-refractivity contribution is 0.210. The van der Waals surface area contributed by atoms with Gasteiger partial charge in [0.1, 0.15) is 23.0 Å². The van der Waals surface area contributed by atoms with E-state index in [-0.39, 0.29) is 5.54 Å². The van der Waals surface area contributed by atoms with Gasteiger partial charge >= 0.3 is 0 Å². The minimum Gasteiger partial charge on any atom is -0.456 e. The van der Waals surface area contributed by atoms with Gasteiger partial charge in [0, 0.05) is 58.4 Å². The van der Waals surface area contributed by atoms with Gasteiger partial charge in [-0.3, -0.25) is 5.01 Å². The van der Waals surface area contributed by atoms with Crippen molar-refractivity contribution in [3.8, 4) is 56.6 Å². The number of hydrogen-bond acceptors (Lipinski definition) is 6. The molecule has 0 amide bonds. The lowest BCUT2D eigenvalue weighted by atomic mass is 9.93. The number of ether oxygens (including phenoxy) is 2. The minimum absolute atomic E-state index is 0.205. The van der Waals surface area contributed by atoms with Gasteiger partial charge in [0.25, 0.3) is 0 Å². The average molecular weight is 585 g/mol. The van der Waals surface area contributed by atoms with E-state index in [2.05, 4.69) is 99.7 Å². The first kappa shape index (κ1) is 25.7. The van der Waals surface area contributed by atoms with Crippen LogP contribution in [0.2, 0.25) is 0 Å². The van der Waals surface area contributed by atoms with Crippen molar-refractivity contribution >= 4 is 11.4 Å². The summed E-state index contributed by atoms with van der Waals surface area (Å²) in [6.07, 6.45) is 8.06. The van der Waals surface area contributed by atoms with Gasteiger partial charge in [0.15, 0.2) is 5.82 Å². The Labute approximate surface area is 261 Å². The Kier molecular flexibility index (Phi) is 5.67. The molecular formula is C39H28N4O2. The van der Waals surface area contributed by atoms with Crippen molar-refractivity contribution in [2.75, 3.05) is 11.6 Å². The first-order chi connectivity index (χ1) is 22.2. The van der Waals surface area contributed by atoms with Crippen molar-refractivity contribution in [1.82, 2.24) is 15.0 Å². The van der Waals surface area contributed by atoms with E-state index in [0.29, 0.717) is 11.6 Å². The number of hydrogen-bond donors (Lipinski definition) is 0. The highest BCUT2D eigenvalue weighted by atomic mass is 16.5. The average Bonchev–Trinajstić information content (AvgIpc) is 3.58. The highest BCUT2D eigenvalue weighted by molar-refractivity contribution is 5.85. The molecule has 0 radical (unpaired) electrons. The van der Waals surface area contributed by atoms with Crippen LogP contribution in [0.25, 0.3) is 33.6 Å². The molecule has 1 atom stereocenters. The Hall–Kier alpha value is -5.72. The van der Waals surface area contributed by atoms with E-state index in [0.717, 1.165) is 57.3 Å². The predicted molar refractivity (Wildman–Crippen MR) is 177 cm³/mol. The predicted octanol–water partition coefficient (Wildman–Crippen LogP) is 9.53. The zero-order valence-electron chi connectivity index (χ0n) is 24.6. The van der Waals surface area contributed by atoms with E-state index in [1.54, 1.807) is 12.4 Å². The molecule has 0 fully saturated rings.